The van der Waals surface area contributed by atoms with Gasteiger partial charge in [0.1, 0.15) is 5.56 Å². The Labute approximate surface area is 157 Å². The fourth-order valence-electron chi connectivity index (χ4n) is 2.23. The predicted molar refractivity (Wildman–Crippen MR) is 99.5 cm³/mol. The molecule has 8 nitrogen and oxygen atoms in total. The van der Waals surface area contributed by atoms with E-state index in [1.165, 1.54) is 43.5 Å². The van der Waals surface area contributed by atoms with Crippen LogP contribution < -0.4 is 9.46 Å². The van der Waals surface area contributed by atoms with Crippen LogP contribution in [0, 0.1) is 0 Å². The van der Waals surface area contributed by atoms with E-state index in [-0.39, 0.29) is 17.0 Å². The Kier molecular flexibility index (Phi) is 6.51. The number of carbonyl (C=O) groups excluding carboxylic acids is 2. The molecule has 0 aliphatic rings. The molecule has 0 radical (unpaired) electrons. The summed E-state index contributed by atoms with van der Waals surface area (Å²) in [6.07, 6.45) is 1.48. The van der Waals surface area contributed by atoms with Crippen molar-refractivity contribution in [1.82, 2.24) is 4.98 Å². The van der Waals surface area contributed by atoms with Gasteiger partial charge in [-0.3, -0.25) is 9.52 Å². The van der Waals surface area contributed by atoms with E-state index in [0.29, 0.717) is 12.3 Å². The zero-order valence-corrected chi connectivity index (χ0v) is 15.9. The highest BCUT2D eigenvalue weighted by atomic mass is 32.2. The molecule has 2 rings (SSSR count). The van der Waals surface area contributed by atoms with Crippen LogP contribution in [0.2, 0.25) is 0 Å². The van der Waals surface area contributed by atoms with Crippen LogP contribution in [0.3, 0.4) is 0 Å². The van der Waals surface area contributed by atoms with Crippen molar-refractivity contribution in [2.75, 3.05) is 17.6 Å². The Morgan fingerprint density at radius 3 is 2.44 bits per heavy atom. The zero-order valence-electron chi connectivity index (χ0n) is 15.1. The van der Waals surface area contributed by atoms with Crippen molar-refractivity contribution in [3.8, 4) is 5.88 Å². The Bertz CT molecular complexity index is 925. The molecular formula is C18H20N2O6S. The average molecular weight is 392 g/mol. The molecule has 0 spiro atoms. The van der Waals surface area contributed by atoms with E-state index in [4.69, 9.17) is 9.47 Å². The number of nitrogens with one attached hydrogen (secondary N) is 1. The maximum atomic E-state index is 12.5. The number of ketones is 1. The summed E-state index contributed by atoms with van der Waals surface area (Å²) in [5.74, 6) is -1.00. The Morgan fingerprint density at radius 2 is 1.85 bits per heavy atom. The van der Waals surface area contributed by atoms with Gasteiger partial charge in [-0.05, 0) is 50.2 Å². The second kappa shape index (κ2) is 8.63. The predicted octanol–water partition coefficient (Wildman–Crippen LogP) is 2.28. The molecule has 1 atom stereocenters. The fourth-order valence-corrected chi connectivity index (χ4v) is 2.79. The number of esters is 1. The van der Waals surface area contributed by atoms with E-state index >= 15 is 0 Å². The highest BCUT2D eigenvalue weighted by molar-refractivity contribution is 7.92. The average Bonchev–Trinajstić information content (AvgIpc) is 2.61. The molecule has 1 unspecified atom stereocenters. The molecule has 2 aromatic rings. The normalized spacial score (nSPS) is 12.1. The number of aromatic nitrogens is 1. The number of pyridine rings is 1. The molecule has 0 saturated heterocycles. The summed E-state index contributed by atoms with van der Waals surface area (Å²) in [5.41, 5.74) is 0.743. The van der Waals surface area contributed by atoms with Crippen LogP contribution in [0.5, 0.6) is 5.88 Å². The number of sulfonamides is 1. The lowest BCUT2D eigenvalue weighted by Gasteiger charge is -2.14. The van der Waals surface area contributed by atoms with Crippen molar-refractivity contribution < 1.29 is 27.5 Å². The van der Waals surface area contributed by atoms with Gasteiger partial charge in [0.15, 0.2) is 6.10 Å². The molecule has 1 heterocycles. The van der Waals surface area contributed by atoms with Gasteiger partial charge < -0.3 is 9.47 Å². The molecule has 27 heavy (non-hydrogen) atoms. The van der Waals surface area contributed by atoms with E-state index in [2.05, 4.69) is 9.71 Å². The summed E-state index contributed by atoms with van der Waals surface area (Å²) in [4.78, 5) is 28.8. The van der Waals surface area contributed by atoms with E-state index in [1.807, 2.05) is 0 Å². The third-order valence-electron chi connectivity index (χ3n) is 3.40. The van der Waals surface area contributed by atoms with Crippen LogP contribution in [-0.2, 0) is 14.8 Å². The molecule has 0 bridgehead atoms. The summed E-state index contributed by atoms with van der Waals surface area (Å²) in [5, 5.41) is 0. The van der Waals surface area contributed by atoms with Crippen LogP contribution >= 0.6 is 0 Å². The second-order valence-electron chi connectivity index (χ2n) is 5.65. The van der Waals surface area contributed by atoms with Gasteiger partial charge in [0.05, 0.1) is 12.9 Å². The molecule has 0 saturated carbocycles. The first-order valence-electron chi connectivity index (χ1n) is 8.12. The number of ether oxygens (including phenoxy) is 2. The summed E-state index contributed by atoms with van der Waals surface area (Å²) in [7, 11) is -3.40. The smallest absolute Gasteiger partial charge is 0.344 e. The minimum Gasteiger partial charge on any atom is -0.477 e. The van der Waals surface area contributed by atoms with E-state index in [9.17, 15) is 18.0 Å². The molecule has 144 valence electrons. The van der Waals surface area contributed by atoms with Gasteiger partial charge in [-0.1, -0.05) is 0 Å². The molecular weight excluding hydrogens is 372 g/mol. The number of nitrogens with zero attached hydrogens (tertiary/aromatic N) is 1. The second-order valence-corrected chi connectivity index (χ2v) is 7.40. The van der Waals surface area contributed by atoms with Gasteiger partial charge in [-0.25, -0.2) is 18.2 Å². The van der Waals surface area contributed by atoms with Crippen LogP contribution in [0.4, 0.5) is 5.69 Å². The van der Waals surface area contributed by atoms with Crippen molar-refractivity contribution in [2.45, 2.75) is 20.0 Å². The van der Waals surface area contributed by atoms with Gasteiger partial charge in [0.25, 0.3) is 0 Å². The lowest BCUT2D eigenvalue weighted by Crippen LogP contribution is -2.25. The molecule has 1 aromatic heterocycles. The Balaban J connectivity index is 2.08. The molecule has 0 aliphatic carbocycles. The van der Waals surface area contributed by atoms with Crippen LogP contribution in [0.25, 0.3) is 0 Å². The van der Waals surface area contributed by atoms with Gasteiger partial charge in [0.2, 0.25) is 21.7 Å². The summed E-state index contributed by atoms with van der Waals surface area (Å²) >= 11 is 0. The van der Waals surface area contributed by atoms with Crippen molar-refractivity contribution >= 4 is 27.5 Å². The third-order valence-corrected chi connectivity index (χ3v) is 4.00. The number of hydrogen-bond acceptors (Lipinski definition) is 7. The van der Waals surface area contributed by atoms with Crippen LogP contribution in [-0.4, -0.2) is 44.1 Å². The fraction of sp³-hybridized carbons (Fsp3) is 0.278. The number of benzene rings is 1. The van der Waals surface area contributed by atoms with Gasteiger partial charge in [-0.2, -0.15) is 0 Å². The third kappa shape index (κ3) is 5.78. The van der Waals surface area contributed by atoms with Gasteiger partial charge >= 0.3 is 5.97 Å². The number of rotatable bonds is 8. The van der Waals surface area contributed by atoms with E-state index in [1.54, 1.807) is 13.0 Å². The monoisotopic (exact) mass is 392 g/mol. The highest BCUT2D eigenvalue weighted by Gasteiger charge is 2.23. The maximum Gasteiger partial charge on any atom is 0.344 e. The number of anilines is 1. The van der Waals surface area contributed by atoms with Crippen molar-refractivity contribution in [2.24, 2.45) is 0 Å². The Morgan fingerprint density at radius 1 is 1.19 bits per heavy atom. The number of hydrogen-bond donors (Lipinski definition) is 1. The zero-order chi connectivity index (χ0) is 20.0. The van der Waals surface area contributed by atoms with Crippen molar-refractivity contribution in [3.05, 3.63) is 53.7 Å². The first kappa shape index (κ1) is 20.4. The molecule has 1 N–H and O–H groups in total. The number of Topliss-reactive ketones (excluding diaryl/α,β-unsaturated/α-hetero) is 1. The van der Waals surface area contributed by atoms with Crippen LogP contribution in [0.15, 0.2) is 42.6 Å². The topological polar surface area (TPSA) is 112 Å². The van der Waals surface area contributed by atoms with Gasteiger partial charge in [-0.15, -0.1) is 0 Å². The Hall–Kier alpha value is -2.94. The molecule has 9 heteroatoms. The summed E-state index contributed by atoms with van der Waals surface area (Å²) in [6.45, 7) is 3.55. The molecule has 0 amide bonds. The number of carbonyl (C=O) groups is 2. The SMILES string of the molecule is CCOc1ncccc1C(=O)OC(C)C(=O)c1ccc(NS(C)(=O)=O)cc1. The first-order chi connectivity index (χ1) is 12.7. The molecule has 0 aliphatic heterocycles. The highest BCUT2D eigenvalue weighted by Crippen LogP contribution is 2.18. The van der Waals surface area contributed by atoms with Crippen molar-refractivity contribution in [3.63, 3.8) is 0 Å². The summed E-state index contributed by atoms with van der Waals surface area (Å²) in [6, 6.07) is 8.89. The quantitative estimate of drug-likeness (QED) is 0.542. The largest absolute Gasteiger partial charge is 0.477 e. The first-order valence-corrected chi connectivity index (χ1v) is 10.0. The minimum atomic E-state index is -3.40. The van der Waals surface area contributed by atoms with Crippen molar-refractivity contribution in [1.29, 1.82) is 0 Å². The minimum absolute atomic E-state index is 0.131. The summed E-state index contributed by atoms with van der Waals surface area (Å²) < 4.78 is 35.2. The molecule has 0 fully saturated rings. The lowest BCUT2D eigenvalue weighted by atomic mass is 10.1. The standard InChI is InChI=1S/C18H20N2O6S/c1-4-25-17-15(6-5-11-19-17)18(22)26-12(2)16(21)13-7-9-14(10-8-13)20-27(3,23)24/h5-12,20H,4H2,1-3H3. The molecule has 1 aromatic carbocycles. The van der Waals surface area contributed by atoms with Crippen LogP contribution in [0.1, 0.15) is 34.6 Å². The van der Waals surface area contributed by atoms with Gasteiger partial charge in [0, 0.05) is 17.4 Å². The maximum absolute atomic E-state index is 12.5. The lowest BCUT2D eigenvalue weighted by molar-refractivity contribution is 0.0314. The van der Waals surface area contributed by atoms with E-state index in [0.717, 1.165) is 6.26 Å². The van der Waals surface area contributed by atoms with E-state index < -0.39 is 27.9 Å².